The lowest BCUT2D eigenvalue weighted by molar-refractivity contribution is 0.146. The molecule has 0 unspecified atom stereocenters. The quantitative estimate of drug-likeness (QED) is 0.461. The maximum absolute atomic E-state index is 13.0. The Balaban J connectivity index is 1.48. The second kappa shape index (κ2) is 10.3. The number of allylic oxidation sites excluding steroid dienone is 2. The summed E-state index contributed by atoms with van der Waals surface area (Å²) in [5.74, 6) is 0.573. The molecule has 0 fully saturated rings. The summed E-state index contributed by atoms with van der Waals surface area (Å²) in [7, 11) is 0. The molecule has 174 valence electrons. The van der Waals surface area contributed by atoms with E-state index in [9.17, 15) is 4.79 Å². The normalized spacial score (nSPS) is 16.5. The van der Waals surface area contributed by atoms with Gasteiger partial charge >= 0.3 is 0 Å². The number of ether oxygens (including phenoxy) is 1. The van der Waals surface area contributed by atoms with Gasteiger partial charge in [-0.1, -0.05) is 35.9 Å². The van der Waals surface area contributed by atoms with Crippen molar-refractivity contribution in [2.45, 2.75) is 51.9 Å². The number of aromatic nitrogens is 2. The van der Waals surface area contributed by atoms with Crippen LogP contribution in [0, 0.1) is 6.92 Å². The first-order valence-electron chi connectivity index (χ1n) is 12.3. The maximum Gasteiger partial charge on any atom is 0.281 e. The molecule has 1 N–H and O–H groups in total. The average Bonchev–Trinajstić information content (AvgIpc) is 3.20. The zero-order valence-electron chi connectivity index (χ0n) is 19.8. The molecule has 1 aliphatic carbocycles. The predicted molar refractivity (Wildman–Crippen MR) is 139 cm³/mol. The molecule has 5 nitrogen and oxygen atoms in total. The zero-order valence-corrected chi connectivity index (χ0v) is 19.8. The standard InChI is InChI=1S/C29H31N3O2/c1-20-9-12-24-19-26(23-7-3-2-4-8-23)32-28(27(24)29(33)30-20)31-25-13-10-22(11-14-25)18-21-6-5-16-34-17-15-21/h6-7,9-14,19H,2-5,8,15-18H2,1H3,(H,31,32). The number of benzene rings is 1. The Hall–Kier alpha value is -3.31. The summed E-state index contributed by atoms with van der Waals surface area (Å²) in [6.07, 6.45) is 12.0. The predicted octanol–water partition coefficient (Wildman–Crippen LogP) is 6.28. The zero-order chi connectivity index (χ0) is 23.3. The molecule has 0 radical (unpaired) electrons. The fraction of sp³-hybridized carbons (Fsp3) is 0.345. The number of hydrogen-bond donors (Lipinski definition) is 1. The number of fused-ring (bicyclic) bond motifs is 1. The van der Waals surface area contributed by atoms with E-state index in [1.165, 1.54) is 29.6 Å². The molecule has 2 aromatic heterocycles. The number of aryl methyl sites for hydroxylation is 1. The lowest BCUT2D eigenvalue weighted by Crippen LogP contribution is -2.09. The van der Waals surface area contributed by atoms with Gasteiger partial charge in [-0.15, -0.1) is 0 Å². The van der Waals surface area contributed by atoms with Crippen molar-refractivity contribution in [3.8, 4) is 0 Å². The Morgan fingerprint density at radius 3 is 2.65 bits per heavy atom. The number of anilines is 2. The molecule has 0 spiro atoms. The fourth-order valence-electron chi connectivity index (χ4n) is 4.73. The first-order valence-corrected chi connectivity index (χ1v) is 12.3. The molecule has 0 saturated heterocycles. The van der Waals surface area contributed by atoms with Gasteiger partial charge in [0.1, 0.15) is 5.82 Å². The van der Waals surface area contributed by atoms with Crippen LogP contribution in [0.1, 0.15) is 55.5 Å². The molecule has 3 heterocycles. The van der Waals surface area contributed by atoms with E-state index in [1.807, 2.05) is 25.1 Å². The molecule has 5 heteroatoms. The van der Waals surface area contributed by atoms with Crippen LogP contribution in [0.4, 0.5) is 11.5 Å². The molecule has 34 heavy (non-hydrogen) atoms. The molecule has 0 atom stereocenters. The van der Waals surface area contributed by atoms with Crippen LogP contribution in [0.3, 0.4) is 0 Å². The summed E-state index contributed by atoms with van der Waals surface area (Å²) < 4.78 is 5.56. The van der Waals surface area contributed by atoms with E-state index in [1.54, 1.807) is 0 Å². The Morgan fingerprint density at radius 2 is 1.82 bits per heavy atom. The highest BCUT2D eigenvalue weighted by Crippen LogP contribution is 2.30. The van der Waals surface area contributed by atoms with Gasteiger partial charge in [-0.05, 0) is 92.7 Å². The molecule has 1 aliphatic heterocycles. The van der Waals surface area contributed by atoms with Gasteiger partial charge in [-0.25, -0.2) is 9.97 Å². The van der Waals surface area contributed by atoms with E-state index in [0.29, 0.717) is 16.9 Å². The minimum Gasteiger partial charge on any atom is -0.381 e. The third kappa shape index (κ3) is 5.26. The van der Waals surface area contributed by atoms with Crippen molar-refractivity contribution in [2.24, 2.45) is 0 Å². The maximum atomic E-state index is 13.0. The highest BCUT2D eigenvalue weighted by atomic mass is 16.5. The number of nitrogens with one attached hydrogen (secondary N) is 1. The number of nitrogens with zero attached hydrogens (tertiary/aromatic N) is 2. The van der Waals surface area contributed by atoms with Crippen molar-refractivity contribution in [3.05, 3.63) is 87.5 Å². The largest absolute Gasteiger partial charge is 0.381 e. The van der Waals surface area contributed by atoms with Crippen molar-refractivity contribution < 1.29 is 4.74 Å². The van der Waals surface area contributed by atoms with Crippen LogP contribution in [-0.4, -0.2) is 23.2 Å². The molecule has 0 amide bonds. The van der Waals surface area contributed by atoms with Gasteiger partial charge in [0, 0.05) is 11.4 Å². The summed E-state index contributed by atoms with van der Waals surface area (Å²) in [6, 6.07) is 14.3. The molecular weight excluding hydrogens is 422 g/mol. The van der Waals surface area contributed by atoms with Crippen LogP contribution >= 0.6 is 0 Å². The van der Waals surface area contributed by atoms with Crippen molar-refractivity contribution >= 4 is 27.9 Å². The summed E-state index contributed by atoms with van der Waals surface area (Å²) in [5.41, 5.74) is 6.26. The minimum atomic E-state index is -0.254. The van der Waals surface area contributed by atoms with Crippen LogP contribution in [0.5, 0.6) is 0 Å². The van der Waals surface area contributed by atoms with Crippen molar-refractivity contribution in [3.63, 3.8) is 0 Å². The third-order valence-corrected chi connectivity index (χ3v) is 6.58. The fourth-order valence-corrected chi connectivity index (χ4v) is 4.73. The van der Waals surface area contributed by atoms with E-state index in [2.05, 4.69) is 46.7 Å². The monoisotopic (exact) mass is 453 g/mol. The Kier molecular flexibility index (Phi) is 6.82. The van der Waals surface area contributed by atoms with Gasteiger partial charge in [0.15, 0.2) is 0 Å². The van der Waals surface area contributed by atoms with E-state index >= 15 is 0 Å². The molecule has 0 saturated carbocycles. The molecule has 0 bridgehead atoms. The lowest BCUT2D eigenvalue weighted by atomic mass is 9.96. The second-order valence-electron chi connectivity index (χ2n) is 9.20. The highest BCUT2D eigenvalue weighted by molar-refractivity contribution is 5.94. The van der Waals surface area contributed by atoms with Gasteiger partial charge in [-0.3, -0.25) is 4.79 Å². The van der Waals surface area contributed by atoms with Crippen molar-refractivity contribution in [1.29, 1.82) is 0 Å². The Morgan fingerprint density at radius 1 is 0.941 bits per heavy atom. The molecule has 1 aromatic carbocycles. The topological polar surface area (TPSA) is 64.1 Å². The third-order valence-electron chi connectivity index (χ3n) is 6.58. The van der Waals surface area contributed by atoms with E-state index in [-0.39, 0.29) is 5.56 Å². The lowest BCUT2D eigenvalue weighted by Gasteiger charge is -2.15. The van der Waals surface area contributed by atoms with Gasteiger partial charge in [0.25, 0.3) is 5.56 Å². The number of hydrogen-bond acceptors (Lipinski definition) is 5. The SMILES string of the molecule is Cc1ccc2cc(C3=CCCCC3)nc(Nc3ccc(CC4=CCCOCC4)cc3)c2c(=O)n1. The number of pyridine rings is 1. The Bertz CT molecular complexity index is 1310. The molecular formula is C29H31N3O2. The first kappa shape index (κ1) is 22.5. The summed E-state index contributed by atoms with van der Waals surface area (Å²) >= 11 is 0. The van der Waals surface area contributed by atoms with Crippen LogP contribution in [0.25, 0.3) is 16.3 Å². The average molecular weight is 454 g/mol. The second-order valence-corrected chi connectivity index (χ2v) is 9.20. The summed E-state index contributed by atoms with van der Waals surface area (Å²) in [4.78, 5) is 22.1. The summed E-state index contributed by atoms with van der Waals surface area (Å²) in [6.45, 7) is 3.47. The highest BCUT2D eigenvalue weighted by Gasteiger charge is 2.14. The van der Waals surface area contributed by atoms with Crippen LogP contribution in [-0.2, 0) is 11.2 Å². The van der Waals surface area contributed by atoms with Crippen LogP contribution in [0.15, 0.2) is 65.0 Å². The molecule has 2 aliphatic rings. The van der Waals surface area contributed by atoms with Gasteiger partial charge in [0.2, 0.25) is 0 Å². The van der Waals surface area contributed by atoms with Gasteiger partial charge < -0.3 is 10.1 Å². The van der Waals surface area contributed by atoms with E-state index in [4.69, 9.17) is 9.72 Å². The van der Waals surface area contributed by atoms with Gasteiger partial charge in [-0.2, -0.15) is 0 Å². The van der Waals surface area contributed by atoms with E-state index < -0.39 is 0 Å². The molecule has 5 rings (SSSR count). The first-order chi connectivity index (χ1) is 16.7. The van der Waals surface area contributed by atoms with E-state index in [0.717, 1.165) is 62.1 Å². The minimum absolute atomic E-state index is 0.254. The van der Waals surface area contributed by atoms with Crippen LogP contribution < -0.4 is 10.9 Å². The number of rotatable bonds is 5. The Labute approximate surface area is 200 Å². The van der Waals surface area contributed by atoms with Crippen molar-refractivity contribution in [1.82, 2.24) is 9.97 Å². The molecule has 3 aromatic rings. The van der Waals surface area contributed by atoms with Crippen molar-refractivity contribution in [2.75, 3.05) is 18.5 Å². The van der Waals surface area contributed by atoms with Gasteiger partial charge in [0.05, 0.1) is 24.3 Å². The van der Waals surface area contributed by atoms with Crippen LogP contribution in [0.2, 0.25) is 0 Å². The summed E-state index contributed by atoms with van der Waals surface area (Å²) in [5, 5.41) is 4.82. The smallest absolute Gasteiger partial charge is 0.281 e.